The van der Waals surface area contributed by atoms with Crippen LogP contribution in [0.1, 0.15) is 0 Å². The third-order valence-electron chi connectivity index (χ3n) is 1.87. The maximum atomic E-state index is 11.4. The fourth-order valence-corrected chi connectivity index (χ4v) is 2.73. The molecule has 13 heavy (non-hydrogen) atoms. The molecular weight excluding hydrogens is 192 g/mol. The second kappa shape index (κ2) is 2.53. The van der Waals surface area contributed by atoms with E-state index < -0.39 is 9.84 Å². The van der Waals surface area contributed by atoms with E-state index in [1.165, 1.54) is 6.07 Å². The number of benzene rings is 1. The minimum absolute atomic E-state index is 0.176. The zero-order chi connectivity index (χ0) is 9.47. The Kier molecular flexibility index (Phi) is 1.59. The monoisotopic (exact) mass is 198 g/mol. The Bertz CT molecular complexity index is 455. The van der Waals surface area contributed by atoms with Gasteiger partial charge < -0.3 is 0 Å². The number of hydrogen-bond donors (Lipinski definition) is 0. The highest BCUT2D eigenvalue weighted by molar-refractivity contribution is 7.92. The summed E-state index contributed by atoms with van der Waals surface area (Å²) in [6.07, 6.45) is 0. The minimum Gasteiger partial charge on any atom is -0.222 e. The van der Waals surface area contributed by atoms with Gasteiger partial charge >= 0.3 is 0 Å². The molecule has 1 heterocycles. The average Bonchev–Trinajstić information content (AvgIpc) is 2.39. The van der Waals surface area contributed by atoms with Crippen molar-refractivity contribution in [2.75, 3.05) is 10.9 Å². The van der Waals surface area contributed by atoms with Gasteiger partial charge in [-0.05, 0) is 12.1 Å². The van der Waals surface area contributed by atoms with E-state index in [0.717, 1.165) is 5.01 Å². The number of sulfone groups is 1. The lowest BCUT2D eigenvalue weighted by molar-refractivity contribution is 0.599. The summed E-state index contributed by atoms with van der Waals surface area (Å²) in [6, 6.07) is 6.31. The van der Waals surface area contributed by atoms with Crippen molar-refractivity contribution in [3.8, 4) is 0 Å². The largest absolute Gasteiger partial charge is 0.222 e. The molecule has 0 aromatic heterocycles. The molecule has 0 atom stereocenters. The number of nitroso groups, excluding NO2 is 1. The molecule has 0 bridgehead atoms. The van der Waals surface area contributed by atoms with E-state index in [9.17, 15) is 13.3 Å². The van der Waals surface area contributed by atoms with Crippen molar-refractivity contribution in [2.45, 2.75) is 4.90 Å². The molecule has 0 N–H and O–H groups in total. The van der Waals surface area contributed by atoms with Gasteiger partial charge in [0.15, 0.2) is 5.88 Å². The third-order valence-corrected chi connectivity index (χ3v) is 3.47. The standard InChI is InChI=1S/C7H6N2O3S/c10-8-9-5-13(11,12)7-4-2-1-3-6(7)9/h1-4H,5H2. The first-order valence-electron chi connectivity index (χ1n) is 3.58. The molecule has 0 radical (unpaired) electrons. The van der Waals surface area contributed by atoms with Gasteiger partial charge in [0.25, 0.3) is 0 Å². The van der Waals surface area contributed by atoms with E-state index in [4.69, 9.17) is 0 Å². The first kappa shape index (κ1) is 8.18. The van der Waals surface area contributed by atoms with E-state index >= 15 is 0 Å². The number of rotatable bonds is 1. The van der Waals surface area contributed by atoms with Gasteiger partial charge in [-0.3, -0.25) is 0 Å². The molecule has 0 saturated heterocycles. The van der Waals surface area contributed by atoms with Gasteiger partial charge in [-0.1, -0.05) is 12.1 Å². The summed E-state index contributed by atoms with van der Waals surface area (Å²) in [6.45, 7) is 0. The second-order valence-electron chi connectivity index (χ2n) is 2.69. The van der Waals surface area contributed by atoms with Crippen molar-refractivity contribution in [1.82, 2.24) is 0 Å². The number of para-hydroxylation sites is 1. The Morgan fingerprint density at radius 1 is 1.31 bits per heavy atom. The summed E-state index contributed by atoms with van der Waals surface area (Å²) < 4.78 is 22.8. The summed E-state index contributed by atoms with van der Waals surface area (Å²) >= 11 is 0. The molecule has 1 aliphatic rings. The van der Waals surface area contributed by atoms with Crippen LogP contribution in [0.4, 0.5) is 5.69 Å². The Morgan fingerprint density at radius 3 is 2.69 bits per heavy atom. The maximum Gasteiger partial charge on any atom is 0.200 e. The summed E-state index contributed by atoms with van der Waals surface area (Å²) in [7, 11) is -3.33. The van der Waals surface area contributed by atoms with Crippen molar-refractivity contribution >= 4 is 15.5 Å². The summed E-state index contributed by atoms with van der Waals surface area (Å²) in [5.41, 5.74) is 0.359. The van der Waals surface area contributed by atoms with Crippen LogP contribution in [-0.2, 0) is 9.84 Å². The Hall–Kier alpha value is -1.43. The molecule has 0 aliphatic carbocycles. The van der Waals surface area contributed by atoms with E-state index in [-0.39, 0.29) is 10.8 Å². The van der Waals surface area contributed by atoms with Crippen LogP contribution in [0.15, 0.2) is 34.4 Å². The highest BCUT2D eigenvalue weighted by Crippen LogP contribution is 2.33. The van der Waals surface area contributed by atoms with Gasteiger partial charge in [-0.15, -0.1) is 4.91 Å². The molecule has 0 unspecified atom stereocenters. The number of nitrogens with zero attached hydrogens (tertiary/aromatic N) is 2. The second-order valence-corrected chi connectivity index (χ2v) is 4.62. The minimum atomic E-state index is -3.33. The Morgan fingerprint density at radius 2 is 2.00 bits per heavy atom. The molecule has 1 aromatic carbocycles. The predicted molar refractivity (Wildman–Crippen MR) is 46.8 cm³/mol. The zero-order valence-corrected chi connectivity index (χ0v) is 7.36. The molecule has 1 aromatic rings. The Labute approximate surface area is 74.8 Å². The lowest BCUT2D eigenvalue weighted by Crippen LogP contribution is -2.14. The fourth-order valence-electron chi connectivity index (χ4n) is 1.30. The highest BCUT2D eigenvalue weighted by atomic mass is 32.2. The van der Waals surface area contributed by atoms with Crippen molar-refractivity contribution < 1.29 is 8.42 Å². The molecular formula is C7H6N2O3S. The SMILES string of the molecule is O=NN1CS(=O)(=O)c2ccccc21. The van der Waals surface area contributed by atoms with Crippen molar-refractivity contribution in [1.29, 1.82) is 0 Å². The molecule has 6 heteroatoms. The fraction of sp³-hybridized carbons (Fsp3) is 0.143. The van der Waals surface area contributed by atoms with Crippen molar-refractivity contribution in [3.63, 3.8) is 0 Å². The molecule has 68 valence electrons. The number of anilines is 1. The third kappa shape index (κ3) is 1.10. The zero-order valence-electron chi connectivity index (χ0n) is 6.54. The van der Waals surface area contributed by atoms with Gasteiger partial charge in [0, 0.05) is 0 Å². The van der Waals surface area contributed by atoms with Crippen LogP contribution in [0.5, 0.6) is 0 Å². The number of hydrogen-bond acceptors (Lipinski definition) is 4. The van der Waals surface area contributed by atoms with Crippen LogP contribution >= 0.6 is 0 Å². The van der Waals surface area contributed by atoms with Crippen LogP contribution in [0.3, 0.4) is 0 Å². The average molecular weight is 198 g/mol. The molecule has 5 nitrogen and oxygen atoms in total. The summed E-state index contributed by atoms with van der Waals surface area (Å²) in [4.78, 5) is 10.4. The van der Waals surface area contributed by atoms with Crippen molar-refractivity contribution in [3.05, 3.63) is 29.2 Å². The van der Waals surface area contributed by atoms with Crippen LogP contribution in [0.25, 0.3) is 0 Å². The molecule has 2 rings (SSSR count). The first-order valence-corrected chi connectivity index (χ1v) is 5.23. The molecule has 0 spiro atoms. The van der Waals surface area contributed by atoms with Crippen molar-refractivity contribution in [2.24, 2.45) is 5.29 Å². The highest BCUT2D eigenvalue weighted by Gasteiger charge is 2.32. The topological polar surface area (TPSA) is 66.8 Å². The number of fused-ring (bicyclic) bond motifs is 1. The van der Waals surface area contributed by atoms with E-state index in [2.05, 4.69) is 5.29 Å². The predicted octanol–water partition coefficient (Wildman–Crippen LogP) is 0.919. The van der Waals surface area contributed by atoms with Gasteiger partial charge in [-0.25, -0.2) is 13.4 Å². The van der Waals surface area contributed by atoms with E-state index in [1.54, 1.807) is 18.2 Å². The lowest BCUT2D eigenvalue weighted by Gasteiger charge is -2.03. The molecule has 1 aliphatic heterocycles. The van der Waals surface area contributed by atoms with Crippen LogP contribution in [-0.4, -0.2) is 14.3 Å². The quantitative estimate of drug-likeness (QED) is 0.629. The molecule has 0 fully saturated rings. The molecule has 0 saturated carbocycles. The van der Waals surface area contributed by atoms with Crippen LogP contribution in [0.2, 0.25) is 0 Å². The maximum absolute atomic E-state index is 11.4. The summed E-state index contributed by atoms with van der Waals surface area (Å²) in [5.74, 6) is -0.351. The van der Waals surface area contributed by atoms with Gasteiger partial charge in [0.05, 0.1) is 15.9 Å². The van der Waals surface area contributed by atoms with Gasteiger partial charge in [0.1, 0.15) is 0 Å². The molecule has 0 amide bonds. The first-order chi connectivity index (χ1) is 6.15. The van der Waals surface area contributed by atoms with E-state index in [0.29, 0.717) is 5.69 Å². The summed E-state index contributed by atoms with van der Waals surface area (Å²) in [5, 5.41) is 3.56. The van der Waals surface area contributed by atoms with E-state index in [1.807, 2.05) is 0 Å². The van der Waals surface area contributed by atoms with Crippen LogP contribution in [0, 0.1) is 4.91 Å². The smallest absolute Gasteiger partial charge is 0.200 e. The van der Waals surface area contributed by atoms with Gasteiger partial charge in [-0.2, -0.15) is 0 Å². The normalized spacial score (nSPS) is 18.3. The Balaban J connectivity index is 2.70. The van der Waals surface area contributed by atoms with Crippen LogP contribution < -0.4 is 5.01 Å². The lowest BCUT2D eigenvalue weighted by atomic mass is 10.3. The van der Waals surface area contributed by atoms with Gasteiger partial charge in [0.2, 0.25) is 9.84 Å².